The van der Waals surface area contributed by atoms with Crippen LogP contribution in [0.5, 0.6) is 0 Å². The summed E-state index contributed by atoms with van der Waals surface area (Å²) in [5, 5.41) is 4.58. The van der Waals surface area contributed by atoms with Gasteiger partial charge in [-0.3, -0.25) is 0 Å². The lowest BCUT2D eigenvalue weighted by molar-refractivity contribution is 0.0172. The molecule has 4 nitrogen and oxygen atoms in total. The predicted octanol–water partition coefficient (Wildman–Crippen LogP) is 5.05. The second kappa shape index (κ2) is 7.63. The summed E-state index contributed by atoms with van der Waals surface area (Å²) in [7, 11) is 0. The maximum Gasteiger partial charge on any atom is 0.410 e. The Balaban J connectivity index is 1.87. The first-order valence-corrected chi connectivity index (χ1v) is 8.66. The molecular formula is C17H24Cl2N2O2. The fraction of sp³-hybridized carbons (Fsp3) is 0.588. The average molecular weight is 359 g/mol. The van der Waals surface area contributed by atoms with E-state index in [0.717, 1.165) is 31.6 Å². The Hall–Kier alpha value is -1.13. The number of hydrogen-bond acceptors (Lipinski definition) is 3. The SMILES string of the molecule is CC(C)(C)OC(=O)N1CCCC(CNc2cc(Cl)cc(Cl)c2)C1. The smallest absolute Gasteiger partial charge is 0.410 e. The van der Waals surface area contributed by atoms with Gasteiger partial charge in [-0.25, -0.2) is 4.79 Å². The summed E-state index contributed by atoms with van der Waals surface area (Å²) in [5.41, 5.74) is 0.441. The van der Waals surface area contributed by atoms with E-state index in [1.807, 2.05) is 32.9 Å². The molecule has 1 amide bonds. The minimum Gasteiger partial charge on any atom is -0.444 e. The average Bonchev–Trinajstić information content (AvgIpc) is 2.43. The van der Waals surface area contributed by atoms with Crippen molar-refractivity contribution in [3.05, 3.63) is 28.2 Å². The molecule has 1 saturated heterocycles. The molecule has 23 heavy (non-hydrogen) atoms. The molecule has 1 fully saturated rings. The lowest BCUT2D eigenvalue weighted by Crippen LogP contribution is -2.44. The van der Waals surface area contributed by atoms with E-state index in [0.29, 0.717) is 22.5 Å². The Kier molecular flexibility index (Phi) is 6.04. The Morgan fingerprint density at radius 1 is 1.30 bits per heavy atom. The molecule has 6 heteroatoms. The van der Waals surface area contributed by atoms with E-state index in [4.69, 9.17) is 27.9 Å². The molecule has 0 spiro atoms. The standard InChI is InChI=1S/C17H24Cl2N2O2/c1-17(2,3)23-16(22)21-6-4-5-12(11-21)10-20-15-8-13(18)7-14(19)9-15/h7-9,12,20H,4-6,10-11H2,1-3H3. The summed E-state index contributed by atoms with van der Waals surface area (Å²) in [6.07, 6.45) is 1.84. The summed E-state index contributed by atoms with van der Waals surface area (Å²) in [4.78, 5) is 14.0. The van der Waals surface area contributed by atoms with Crippen molar-refractivity contribution in [3.63, 3.8) is 0 Å². The molecule has 1 aliphatic rings. The van der Waals surface area contributed by atoms with Gasteiger partial charge in [0.05, 0.1) is 0 Å². The van der Waals surface area contributed by atoms with Crippen LogP contribution in [-0.2, 0) is 4.74 Å². The highest BCUT2D eigenvalue weighted by Gasteiger charge is 2.27. The number of ether oxygens (including phenoxy) is 1. The molecule has 0 aliphatic carbocycles. The number of nitrogens with zero attached hydrogens (tertiary/aromatic N) is 1. The van der Waals surface area contributed by atoms with Crippen molar-refractivity contribution in [2.45, 2.75) is 39.2 Å². The van der Waals surface area contributed by atoms with Gasteiger partial charge < -0.3 is 15.0 Å². The zero-order chi connectivity index (χ0) is 17.0. The van der Waals surface area contributed by atoms with Gasteiger partial charge in [0.25, 0.3) is 0 Å². The van der Waals surface area contributed by atoms with Crippen molar-refractivity contribution >= 4 is 35.0 Å². The summed E-state index contributed by atoms with van der Waals surface area (Å²) >= 11 is 12.0. The lowest BCUT2D eigenvalue weighted by Gasteiger charge is -2.34. The molecule has 1 heterocycles. The number of piperidine rings is 1. The highest BCUT2D eigenvalue weighted by molar-refractivity contribution is 6.35. The van der Waals surface area contributed by atoms with Gasteiger partial charge in [0.1, 0.15) is 5.60 Å². The molecule has 1 atom stereocenters. The van der Waals surface area contributed by atoms with Gasteiger partial charge in [-0.05, 0) is 57.7 Å². The van der Waals surface area contributed by atoms with Crippen LogP contribution in [0.4, 0.5) is 10.5 Å². The van der Waals surface area contributed by atoms with Gasteiger partial charge in [0.15, 0.2) is 0 Å². The molecule has 0 saturated carbocycles. The second-order valence-corrected chi connectivity index (χ2v) is 7.85. The van der Waals surface area contributed by atoms with Crippen LogP contribution in [0.1, 0.15) is 33.6 Å². The van der Waals surface area contributed by atoms with E-state index < -0.39 is 5.60 Å². The molecule has 0 radical (unpaired) electrons. The lowest BCUT2D eigenvalue weighted by atomic mass is 9.98. The molecule has 1 unspecified atom stereocenters. The molecule has 1 aromatic carbocycles. The van der Waals surface area contributed by atoms with E-state index in [2.05, 4.69) is 5.32 Å². The number of carbonyl (C=O) groups excluding carboxylic acids is 1. The monoisotopic (exact) mass is 358 g/mol. The third kappa shape index (κ3) is 6.11. The number of halogens is 2. The van der Waals surface area contributed by atoms with Crippen LogP contribution in [0.25, 0.3) is 0 Å². The molecular weight excluding hydrogens is 335 g/mol. The molecule has 1 N–H and O–H groups in total. The molecule has 2 rings (SSSR count). The number of likely N-dealkylation sites (tertiary alicyclic amines) is 1. The Labute approximate surface area is 148 Å². The van der Waals surface area contributed by atoms with Crippen molar-refractivity contribution in [1.82, 2.24) is 4.90 Å². The largest absolute Gasteiger partial charge is 0.444 e. The number of carbonyl (C=O) groups is 1. The zero-order valence-corrected chi connectivity index (χ0v) is 15.4. The first-order chi connectivity index (χ1) is 10.7. The van der Waals surface area contributed by atoms with Crippen LogP contribution in [0.2, 0.25) is 10.0 Å². The number of rotatable bonds is 3. The van der Waals surface area contributed by atoms with Crippen molar-refractivity contribution in [1.29, 1.82) is 0 Å². The third-order valence-corrected chi connectivity index (χ3v) is 4.06. The first kappa shape index (κ1) is 18.2. The van der Waals surface area contributed by atoms with Gasteiger partial charge in [-0.15, -0.1) is 0 Å². The van der Waals surface area contributed by atoms with Crippen LogP contribution in [0.3, 0.4) is 0 Å². The van der Waals surface area contributed by atoms with Gasteiger partial charge >= 0.3 is 6.09 Å². The quantitative estimate of drug-likeness (QED) is 0.821. The fourth-order valence-corrected chi connectivity index (χ4v) is 3.17. The minimum absolute atomic E-state index is 0.229. The molecule has 0 aromatic heterocycles. The Morgan fingerprint density at radius 3 is 2.57 bits per heavy atom. The van der Waals surface area contributed by atoms with Crippen LogP contribution in [0, 0.1) is 5.92 Å². The van der Waals surface area contributed by atoms with Crippen LogP contribution >= 0.6 is 23.2 Å². The normalized spacial score (nSPS) is 18.7. The van der Waals surface area contributed by atoms with Crippen LogP contribution in [0.15, 0.2) is 18.2 Å². The predicted molar refractivity (Wildman–Crippen MR) is 95.5 cm³/mol. The van der Waals surface area contributed by atoms with Gasteiger partial charge in [0.2, 0.25) is 0 Å². The van der Waals surface area contributed by atoms with Crippen LogP contribution in [-0.4, -0.2) is 36.2 Å². The number of hydrogen-bond donors (Lipinski definition) is 1. The van der Waals surface area contributed by atoms with E-state index in [1.165, 1.54) is 0 Å². The topological polar surface area (TPSA) is 41.6 Å². The minimum atomic E-state index is -0.459. The Bertz CT molecular complexity index is 538. The number of amides is 1. The maximum atomic E-state index is 12.2. The summed E-state index contributed by atoms with van der Waals surface area (Å²) in [6, 6.07) is 5.41. The van der Waals surface area contributed by atoms with Gasteiger partial charge in [-0.1, -0.05) is 23.2 Å². The Morgan fingerprint density at radius 2 is 1.96 bits per heavy atom. The summed E-state index contributed by atoms with van der Waals surface area (Å²) in [6.45, 7) is 7.89. The van der Waals surface area contributed by atoms with Gasteiger partial charge in [-0.2, -0.15) is 0 Å². The number of nitrogens with one attached hydrogen (secondary N) is 1. The molecule has 128 valence electrons. The third-order valence-electron chi connectivity index (χ3n) is 3.63. The van der Waals surface area contributed by atoms with Crippen molar-refractivity contribution in [2.75, 3.05) is 25.0 Å². The van der Waals surface area contributed by atoms with Crippen molar-refractivity contribution < 1.29 is 9.53 Å². The number of benzene rings is 1. The second-order valence-electron chi connectivity index (χ2n) is 6.97. The highest BCUT2D eigenvalue weighted by Crippen LogP contribution is 2.24. The molecule has 1 aromatic rings. The fourth-order valence-electron chi connectivity index (χ4n) is 2.64. The molecule has 0 bridgehead atoms. The van der Waals surface area contributed by atoms with Crippen LogP contribution < -0.4 is 5.32 Å². The van der Waals surface area contributed by atoms with Gasteiger partial charge in [0, 0.05) is 35.4 Å². The first-order valence-electron chi connectivity index (χ1n) is 7.91. The van der Waals surface area contributed by atoms with Crippen molar-refractivity contribution in [2.24, 2.45) is 5.92 Å². The van der Waals surface area contributed by atoms with E-state index in [1.54, 1.807) is 11.0 Å². The van der Waals surface area contributed by atoms with E-state index in [-0.39, 0.29) is 6.09 Å². The summed E-state index contributed by atoms with van der Waals surface area (Å²) < 4.78 is 5.45. The highest BCUT2D eigenvalue weighted by atomic mass is 35.5. The maximum absolute atomic E-state index is 12.2. The summed E-state index contributed by atoms with van der Waals surface area (Å²) in [5.74, 6) is 0.383. The van der Waals surface area contributed by atoms with E-state index >= 15 is 0 Å². The van der Waals surface area contributed by atoms with Crippen molar-refractivity contribution in [3.8, 4) is 0 Å². The number of anilines is 1. The zero-order valence-electron chi connectivity index (χ0n) is 13.9. The van der Waals surface area contributed by atoms with E-state index in [9.17, 15) is 4.79 Å². The molecule has 1 aliphatic heterocycles.